The summed E-state index contributed by atoms with van der Waals surface area (Å²) in [6.45, 7) is 0.670. The minimum atomic E-state index is -0.291. The van der Waals surface area contributed by atoms with Gasteiger partial charge in [0.2, 0.25) is 0 Å². The van der Waals surface area contributed by atoms with E-state index in [0.29, 0.717) is 16.4 Å². The van der Waals surface area contributed by atoms with Crippen LogP contribution in [0.25, 0.3) is 10.1 Å². The van der Waals surface area contributed by atoms with E-state index in [2.05, 4.69) is 0 Å². The van der Waals surface area contributed by atoms with E-state index < -0.39 is 0 Å². The summed E-state index contributed by atoms with van der Waals surface area (Å²) < 4.78 is 14.0. The summed E-state index contributed by atoms with van der Waals surface area (Å²) >= 11 is 6.33. The Morgan fingerprint density at radius 3 is 3.00 bits per heavy atom. The number of carbonyl (C=O) groups excluding carboxylic acids is 1. The van der Waals surface area contributed by atoms with Crippen LogP contribution in [0.5, 0.6) is 0 Å². The minimum Gasteiger partial charge on any atom is -0.392 e. The van der Waals surface area contributed by atoms with Gasteiger partial charge in [0.1, 0.15) is 5.82 Å². The van der Waals surface area contributed by atoms with Gasteiger partial charge in [-0.1, -0.05) is 18.3 Å². The molecule has 1 aliphatic rings. The summed E-state index contributed by atoms with van der Waals surface area (Å²) in [6, 6.07) is 6.19. The van der Waals surface area contributed by atoms with E-state index in [1.807, 2.05) is 0 Å². The lowest BCUT2D eigenvalue weighted by Crippen LogP contribution is -2.42. The molecule has 3 rings (SSSR count). The number of hydrogen-bond donors (Lipinski definition) is 1. The first kappa shape index (κ1) is 13.5. The Morgan fingerprint density at radius 1 is 1.45 bits per heavy atom. The maximum Gasteiger partial charge on any atom is 0.264 e. The standard InChI is InChI=1S/C14H13FN2OS2/c15-9-4-3-8-6-12(20-11(8)7-9)14(18)17-5-1-2-10(17)13(16)19/h3-4,6-7,10H,1-2,5H2,(H2,16,19). The number of nitrogens with two attached hydrogens (primary N) is 1. The summed E-state index contributed by atoms with van der Waals surface area (Å²) in [6.07, 6.45) is 1.73. The van der Waals surface area contributed by atoms with Crippen molar-refractivity contribution in [1.29, 1.82) is 0 Å². The summed E-state index contributed by atoms with van der Waals surface area (Å²) in [7, 11) is 0. The number of thiophene rings is 1. The quantitative estimate of drug-likeness (QED) is 0.868. The Morgan fingerprint density at radius 2 is 2.25 bits per heavy atom. The van der Waals surface area contributed by atoms with Crippen molar-refractivity contribution < 1.29 is 9.18 Å². The number of benzene rings is 1. The predicted octanol–water partition coefficient (Wildman–Crippen LogP) is 2.93. The molecule has 1 atom stereocenters. The average molecular weight is 308 g/mol. The molecular formula is C14H13FN2OS2. The zero-order chi connectivity index (χ0) is 14.3. The molecule has 1 fully saturated rings. The van der Waals surface area contributed by atoms with Crippen molar-refractivity contribution in [3.05, 3.63) is 35.0 Å². The topological polar surface area (TPSA) is 46.3 Å². The predicted molar refractivity (Wildman–Crippen MR) is 82.6 cm³/mol. The molecule has 1 amide bonds. The van der Waals surface area contributed by atoms with Crippen LogP contribution in [-0.2, 0) is 0 Å². The molecule has 1 aromatic carbocycles. The Bertz CT molecular complexity index is 698. The molecule has 2 heterocycles. The van der Waals surface area contributed by atoms with E-state index >= 15 is 0 Å². The van der Waals surface area contributed by atoms with Gasteiger partial charge < -0.3 is 10.6 Å². The summed E-state index contributed by atoms with van der Waals surface area (Å²) in [5, 5.41) is 0.880. The van der Waals surface area contributed by atoms with Gasteiger partial charge in [0.15, 0.2) is 0 Å². The molecule has 3 nitrogen and oxygen atoms in total. The van der Waals surface area contributed by atoms with Gasteiger partial charge in [-0.2, -0.15) is 0 Å². The number of thiocarbonyl (C=S) groups is 1. The highest BCUT2D eigenvalue weighted by Gasteiger charge is 2.31. The molecule has 1 saturated heterocycles. The van der Waals surface area contributed by atoms with Gasteiger partial charge in [-0.05, 0) is 36.4 Å². The molecule has 1 aromatic heterocycles. The first-order valence-corrected chi connectivity index (χ1v) is 7.58. The van der Waals surface area contributed by atoms with E-state index in [0.717, 1.165) is 22.9 Å². The molecule has 1 unspecified atom stereocenters. The van der Waals surface area contributed by atoms with Gasteiger partial charge >= 0.3 is 0 Å². The van der Waals surface area contributed by atoms with Crippen LogP contribution < -0.4 is 5.73 Å². The van der Waals surface area contributed by atoms with E-state index in [1.54, 1.807) is 17.0 Å². The largest absolute Gasteiger partial charge is 0.392 e. The first-order valence-electron chi connectivity index (χ1n) is 6.35. The van der Waals surface area contributed by atoms with Crippen LogP contribution in [0.15, 0.2) is 24.3 Å². The van der Waals surface area contributed by atoms with Gasteiger partial charge in [0, 0.05) is 11.2 Å². The molecule has 0 bridgehead atoms. The molecule has 104 valence electrons. The molecule has 0 spiro atoms. The van der Waals surface area contributed by atoms with Crippen LogP contribution >= 0.6 is 23.6 Å². The van der Waals surface area contributed by atoms with Crippen LogP contribution in [0, 0.1) is 5.82 Å². The van der Waals surface area contributed by atoms with Crippen LogP contribution in [0.2, 0.25) is 0 Å². The van der Waals surface area contributed by atoms with Crippen molar-refractivity contribution in [3.63, 3.8) is 0 Å². The van der Waals surface area contributed by atoms with Crippen molar-refractivity contribution in [2.45, 2.75) is 18.9 Å². The van der Waals surface area contributed by atoms with Crippen LogP contribution in [0.3, 0.4) is 0 Å². The maximum absolute atomic E-state index is 13.2. The van der Waals surface area contributed by atoms with Crippen LogP contribution in [-0.4, -0.2) is 28.4 Å². The lowest BCUT2D eigenvalue weighted by Gasteiger charge is -2.22. The molecule has 2 aromatic rings. The highest BCUT2D eigenvalue weighted by molar-refractivity contribution is 7.80. The second-order valence-corrected chi connectivity index (χ2v) is 6.41. The fraction of sp³-hybridized carbons (Fsp3) is 0.286. The number of hydrogen-bond acceptors (Lipinski definition) is 3. The van der Waals surface area contributed by atoms with Gasteiger partial charge in [-0.3, -0.25) is 4.79 Å². The smallest absolute Gasteiger partial charge is 0.264 e. The number of halogens is 1. The Hall–Kier alpha value is -1.53. The Balaban J connectivity index is 1.94. The second kappa shape index (κ2) is 5.10. The minimum absolute atomic E-state index is 0.0677. The molecule has 0 aliphatic carbocycles. The number of likely N-dealkylation sites (tertiary alicyclic amines) is 1. The fourth-order valence-electron chi connectivity index (χ4n) is 2.56. The summed E-state index contributed by atoms with van der Waals surface area (Å²) in [5.41, 5.74) is 5.69. The van der Waals surface area contributed by atoms with Crippen molar-refractivity contribution in [1.82, 2.24) is 4.90 Å². The van der Waals surface area contributed by atoms with Crippen LogP contribution in [0.1, 0.15) is 22.5 Å². The highest BCUT2D eigenvalue weighted by atomic mass is 32.1. The zero-order valence-corrected chi connectivity index (χ0v) is 12.3. The second-order valence-electron chi connectivity index (χ2n) is 4.85. The highest BCUT2D eigenvalue weighted by Crippen LogP contribution is 2.29. The van der Waals surface area contributed by atoms with Gasteiger partial charge in [0.05, 0.1) is 15.9 Å². The molecular weight excluding hydrogens is 295 g/mol. The summed E-state index contributed by atoms with van der Waals surface area (Å²) in [4.78, 5) is 15.2. The SMILES string of the molecule is NC(=S)C1CCCN1C(=O)c1cc2ccc(F)cc2s1. The number of fused-ring (bicyclic) bond motifs is 1. The van der Waals surface area contributed by atoms with Gasteiger partial charge in [0.25, 0.3) is 5.91 Å². The maximum atomic E-state index is 13.2. The number of nitrogens with zero attached hydrogens (tertiary/aromatic N) is 1. The van der Waals surface area contributed by atoms with E-state index in [4.69, 9.17) is 18.0 Å². The molecule has 2 N–H and O–H groups in total. The third kappa shape index (κ3) is 2.29. The normalized spacial score (nSPS) is 18.6. The third-order valence-electron chi connectivity index (χ3n) is 3.53. The molecule has 0 saturated carbocycles. The fourth-order valence-corrected chi connectivity index (χ4v) is 3.85. The van der Waals surface area contributed by atoms with Crippen molar-refractivity contribution in [2.75, 3.05) is 6.54 Å². The molecule has 0 radical (unpaired) electrons. The van der Waals surface area contributed by atoms with Crippen LogP contribution in [0.4, 0.5) is 4.39 Å². The third-order valence-corrected chi connectivity index (χ3v) is 4.89. The first-order chi connectivity index (χ1) is 9.56. The lowest BCUT2D eigenvalue weighted by atomic mass is 10.2. The number of amides is 1. The zero-order valence-electron chi connectivity index (χ0n) is 10.6. The number of rotatable bonds is 2. The average Bonchev–Trinajstić information content (AvgIpc) is 3.03. The van der Waals surface area contributed by atoms with Crippen molar-refractivity contribution in [3.8, 4) is 0 Å². The van der Waals surface area contributed by atoms with Gasteiger partial charge in [-0.25, -0.2) is 4.39 Å². The molecule has 20 heavy (non-hydrogen) atoms. The van der Waals surface area contributed by atoms with E-state index in [1.165, 1.54) is 23.5 Å². The van der Waals surface area contributed by atoms with Gasteiger partial charge in [-0.15, -0.1) is 11.3 Å². The Kier molecular flexibility index (Phi) is 3.43. The van der Waals surface area contributed by atoms with Crippen molar-refractivity contribution >= 4 is 44.5 Å². The summed E-state index contributed by atoms with van der Waals surface area (Å²) in [5.74, 6) is -0.359. The molecule has 6 heteroatoms. The van der Waals surface area contributed by atoms with E-state index in [-0.39, 0.29) is 17.8 Å². The lowest BCUT2D eigenvalue weighted by molar-refractivity contribution is 0.0775. The Labute approximate surface area is 125 Å². The monoisotopic (exact) mass is 308 g/mol. The van der Waals surface area contributed by atoms with E-state index in [9.17, 15) is 9.18 Å². The molecule has 1 aliphatic heterocycles. The number of carbonyl (C=O) groups is 1. The van der Waals surface area contributed by atoms with Crippen molar-refractivity contribution in [2.24, 2.45) is 5.73 Å².